The van der Waals surface area contributed by atoms with Crippen molar-refractivity contribution in [2.45, 2.75) is 6.92 Å². The summed E-state index contributed by atoms with van der Waals surface area (Å²) in [5.74, 6) is 0. The highest BCUT2D eigenvalue weighted by Crippen LogP contribution is 1.96. The summed E-state index contributed by atoms with van der Waals surface area (Å²) in [6.07, 6.45) is 7.49. The maximum atomic E-state index is 11.5. The fourth-order valence-electron chi connectivity index (χ4n) is 0.918. The van der Waals surface area contributed by atoms with Crippen molar-refractivity contribution in [1.29, 1.82) is 5.41 Å². The number of rotatable bonds is 2. The van der Waals surface area contributed by atoms with Crippen molar-refractivity contribution in [1.82, 2.24) is 9.47 Å². The number of carbonyl (C=O) groups is 1. The third kappa shape index (κ3) is 2.05. The van der Waals surface area contributed by atoms with E-state index in [1.165, 1.54) is 15.7 Å². The summed E-state index contributed by atoms with van der Waals surface area (Å²) in [7, 11) is 0. The van der Waals surface area contributed by atoms with Crippen molar-refractivity contribution in [2.75, 3.05) is 0 Å². The number of hydrogen-bond acceptors (Lipinski definition) is 2. The Hall–Kier alpha value is -1.84. The molecule has 13 heavy (non-hydrogen) atoms. The number of amides is 1. The van der Waals surface area contributed by atoms with Gasteiger partial charge in [-0.1, -0.05) is 6.08 Å². The molecule has 0 atom stereocenters. The highest BCUT2D eigenvalue weighted by molar-refractivity contribution is 5.88. The van der Waals surface area contributed by atoms with E-state index in [4.69, 9.17) is 5.41 Å². The van der Waals surface area contributed by atoms with Crippen LogP contribution in [-0.4, -0.2) is 21.8 Å². The minimum atomic E-state index is -0.266. The standard InChI is InChI=1S/C9H11N3O/c1-2-5-12(8-10)9(13)11-6-3-4-7-11/h2-8,10H,1H3/b5-2-,10-8?. The lowest BCUT2D eigenvalue weighted by Gasteiger charge is -2.11. The van der Waals surface area contributed by atoms with Gasteiger partial charge in [0.1, 0.15) is 0 Å². The molecule has 1 heterocycles. The van der Waals surface area contributed by atoms with Crippen LogP contribution in [-0.2, 0) is 0 Å². The second-order valence-electron chi connectivity index (χ2n) is 2.39. The van der Waals surface area contributed by atoms with Crippen molar-refractivity contribution in [2.24, 2.45) is 0 Å². The van der Waals surface area contributed by atoms with E-state index in [9.17, 15) is 4.79 Å². The molecule has 0 spiro atoms. The van der Waals surface area contributed by atoms with E-state index in [1.807, 2.05) is 0 Å². The van der Waals surface area contributed by atoms with E-state index in [0.29, 0.717) is 0 Å². The van der Waals surface area contributed by atoms with Gasteiger partial charge in [-0.05, 0) is 19.1 Å². The van der Waals surface area contributed by atoms with Gasteiger partial charge in [-0.15, -0.1) is 0 Å². The molecule has 0 aromatic carbocycles. The van der Waals surface area contributed by atoms with E-state index < -0.39 is 0 Å². The molecule has 4 nitrogen and oxygen atoms in total. The predicted octanol–water partition coefficient (Wildman–Crippen LogP) is 1.90. The summed E-state index contributed by atoms with van der Waals surface area (Å²) in [6.45, 7) is 1.79. The highest BCUT2D eigenvalue weighted by atomic mass is 16.2. The van der Waals surface area contributed by atoms with Crippen molar-refractivity contribution in [3.05, 3.63) is 36.8 Å². The normalized spacial score (nSPS) is 10.2. The number of hydrogen-bond donors (Lipinski definition) is 1. The average molecular weight is 177 g/mol. The van der Waals surface area contributed by atoms with E-state index in [1.54, 1.807) is 37.5 Å². The monoisotopic (exact) mass is 177 g/mol. The van der Waals surface area contributed by atoms with Gasteiger partial charge in [0.2, 0.25) is 0 Å². The fraction of sp³-hybridized carbons (Fsp3) is 0.111. The lowest BCUT2D eigenvalue weighted by Crippen LogP contribution is -2.27. The molecule has 1 N–H and O–H groups in total. The zero-order valence-corrected chi connectivity index (χ0v) is 7.34. The quantitative estimate of drug-likeness (QED) is 0.544. The van der Waals surface area contributed by atoms with Gasteiger partial charge in [-0.3, -0.25) is 14.9 Å². The summed E-state index contributed by atoms with van der Waals surface area (Å²) in [5.41, 5.74) is 0. The number of nitrogens with zero attached hydrogens (tertiary/aromatic N) is 2. The largest absolute Gasteiger partial charge is 0.337 e. The Morgan fingerprint density at radius 3 is 2.54 bits per heavy atom. The van der Waals surface area contributed by atoms with Crippen LogP contribution in [0.2, 0.25) is 0 Å². The van der Waals surface area contributed by atoms with Crippen molar-refractivity contribution in [3.8, 4) is 0 Å². The van der Waals surface area contributed by atoms with Crippen LogP contribution in [0.5, 0.6) is 0 Å². The minimum absolute atomic E-state index is 0.266. The first kappa shape index (κ1) is 9.25. The lowest BCUT2D eigenvalue weighted by atomic mass is 10.6. The Bertz CT molecular complexity index is 314. The summed E-state index contributed by atoms with van der Waals surface area (Å²) in [6, 6.07) is 3.25. The van der Waals surface area contributed by atoms with Crippen molar-refractivity contribution in [3.63, 3.8) is 0 Å². The van der Waals surface area contributed by atoms with Crippen LogP contribution < -0.4 is 0 Å². The first-order valence-electron chi connectivity index (χ1n) is 3.88. The van der Waals surface area contributed by atoms with Crippen molar-refractivity contribution < 1.29 is 4.79 Å². The first-order chi connectivity index (χ1) is 6.29. The molecular formula is C9H11N3O. The number of nitrogens with one attached hydrogen (secondary N) is 1. The number of allylic oxidation sites excluding steroid dienone is 1. The smallest absolute Gasteiger partial charge is 0.291 e. The van der Waals surface area contributed by atoms with Gasteiger partial charge in [0.25, 0.3) is 0 Å². The van der Waals surface area contributed by atoms with Gasteiger partial charge >= 0.3 is 6.03 Å². The predicted molar refractivity (Wildman–Crippen MR) is 50.7 cm³/mol. The molecule has 1 amide bonds. The molecule has 1 rings (SSSR count). The van der Waals surface area contributed by atoms with Crippen LogP contribution in [0.15, 0.2) is 36.8 Å². The minimum Gasteiger partial charge on any atom is -0.291 e. The zero-order chi connectivity index (χ0) is 9.68. The molecule has 0 unspecified atom stereocenters. The SMILES string of the molecule is C/C=C\N(C=N)C(=O)n1cccc1. The van der Waals surface area contributed by atoms with E-state index >= 15 is 0 Å². The Kier molecular flexibility index (Phi) is 3.03. The third-order valence-electron chi connectivity index (χ3n) is 1.49. The van der Waals surface area contributed by atoms with Gasteiger partial charge in [-0.2, -0.15) is 0 Å². The number of carbonyl (C=O) groups excluding carboxylic acids is 1. The molecule has 0 aliphatic rings. The summed E-state index contributed by atoms with van der Waals surface area (Å²) < 4.78 is 1.41. The van der Waals surface area contributed by atoms with Crippen LogP contribution in [0, 0.1) is 5.41 Å². The summed E-state index contributed by atoms with van der Waals surface area (Å²) in [4.78, 5) is 12.7. The molecule has 0 saturated carbocycles. The third-order valence-corrected chi connectivity index (χ3v) is 1.49. The average Bonchev–Trinajstić information content (AvgIpc) is 2.65. The van der Waals surface area contributed by atoms with Gasteiger partial charge in [0, 0.05) is 18.6 Å². The summed E-state index contributed by atoms with van der Waals surface area (Å²) in [5, 5.41) is 7.01. The fourth-order valence-corrected chi connectivity index (χ4v) is 0.918. The Morgan fingerprint density at radius 2 is 2.08 bits per heavy atom. The first-order valence-corrected chi connectivity index (χ1v) is 3.88. The zero-order valence-electron chi connectivity index (χ0n) is 7.34. The molecule has 0 aliphatic carbocycles. The maximum Gasteiger partial charge on any atom is 0.337 e. The van der Waals surface area contributed by atoms with Crippen LogP contribution in [0.25, 0.3) is 0 Å². The number of aromatic nitrogens is 1. The molecule has 4 heteroatoms. The van der Waals surface area contributed by atoms with E-state index in [-0.39, 0.29) is 6.03 Å². The topological polar surface area (TPSA) is 49.1 Å². The van der Waals surface area contributed by atoms with Gasteiger partial charge in [0.05, 0.1) is 6.34 Å². The van der Waals surface area contributed by atoms with Gasteiger partial charge in [0.15, 0.2) is 0 Å². The molecule has 1 aromatic rings. The van der Waals surface area contributed by atoms with Gasteiger partial charge in [-0.25, -0.2) is 4.79 Å². The molecule has 0 aliphatic heterocycles. The molecule has 1 aromatic heterocycles. The highest BCUT2D eigenvalue weighted by Gasteiger charge is 2.07. The molecule has 0 saturated heterocycles. The second kappa shape index (κ2) is 4.25. The van der Waals surface area contributed by atoms with Crippen LogP contribution >= 0.6 is 0 Å². The molecule has 0 bridgehead atoms. The van der Waals surface area contributed by atoms with Gasteiger partial charge < -0.3 is 0 Å². The summed E-state index contributed by atoms with van der Waals surface area (Å²) >= 11 is 0. The lowest BCUT2D eigenvalue weighted by molar-refractivity contribution is 0.232. The molecule has 68 valence electrons. The Labute approximate surface area is 76.6 Å². The molecule has 0 radical (unpaired) electrons. The van der Waals surface area contributed by atoms with E-state index in [0.717, 1.165) is 6.34 Å². The maximum absolute atomic E-state index is 11.5. The Balaban J connectivity index is 2.82. The molecule has 0 fully saturated rings. The Morgan fingerprint density at radius 1 is 1.46 bits per heavy atom. The van der Waals surface area contributed by atoms with Crippen LogP contribution in [0.4, 0.5) is 4.79 Å². The van der Waals surface area contributed by atoms with E-state index in [2.05, 4.69) is 0 Å². The molecular weight excluding hydrogens is 166 g/mol. The van der Waals surface area contributed by atoms with Crippen LogP contribution in [0.1, 0.15) is 6.92 Å². The van der Waals surface area contributed by atoms with Crippen molar-refractivity contribution >= 4 is 12.4 Å². The second-order valence-corrected chi connectivity index (χ2v) is 2.39. The van der Waals surface area contributed by atoms with Crippen LogP contribution in [0.3, 0.4) is 0 Å².